The third kappa shape index (κ3) is 2.19. The Morgan fingerprint density at radius 2 is 1.85 bits per heavy atom. The monoisotopic (exact) mass is 237 g/mol. The van der Waals surface area contributed by atoms with Crippen molar-refractivity contribution in [2.45, 2.75) is 19.3 Å². The van der Waals surface area contributed by atoms with Crippen LogP contribution in [0, 0.1) is 0 Å². The third-order valence-corrected chi connectivity index (χ3v) is 2.83. The first kappa shape index (κ1) is 8.95. The number of benzene rings is 1. The SMILES string of the molecule is Brc1ccc(C2=NCCCC2)cc1. The fourth-order valence-electron chi connectivity index (χ4n) is 1.58. The van der Waals surface area contributed by atoms with Crippen LogP contribution in [-0.2, 0) is 0 Å². The molecule has 0 bridgehead atoms. The summed E-state index contributed by atoms with van der Waals surface area (Å²) in [5.74, 6) is 0. The molecule has 0 saturated carbocycles. The molecule has 2 rings (SSSR count). The zero-order chi connectivity index (χ0) is 9.10. The number of aliphatic imine (C=N–C) groups is 1. The molecule has 0 radical (unpaired) electrons. The van der Waals surface area contributed by atoms with Crippen molar-refractivity contribution in [1.29, 1.82) is 0 Å². The van der Waals surface area contributed by atoms with Crippen LogP contribution in [0.1, 0.15) is 24.8 Å². The summed E-state index contributed by atoms with van der Waals surface area (Å²) in [7, 11) is 0. The van der Waals surface area contributed by atoms with Crippen LogP contribution in [0.5, 0.6) is 0 Å². The molecule has 0 spiro atoms. The summed E-state index contributed by atoms with van der Waals surface area (Å²) < 4.78 is 1.13. The van der Waals surface area contributed by atoms with Gasteiger partial charge in [0, 0.05) is 16.7 Å². The maximum atomic E-state index is 4.53. The Morgan fingerprint density at radius 1 is 1.08 bits per heavy atom. The number of rotatable bonds is 1. The Bertz CT molecular complexity index is 313. The molecule has 0 saturated heterocycles. The van der Waals surface area contributed by atoms with E-state index in [-0.39, 0.29) is 0 Å². The minimum atomic E-state index is 1.01. The van der Waals surface area contributed by atoms with Crippen molar-refractivity contribution >= 4 is 21.6 Å². The van der Waals surface area contributed by atoms with Gasteiger partial charge in [0.25, 0.3) is 0 Å². The lowest BCUT2D eigenvalue weighted by molar-refractivity contribution is 0.738. The summed E-state index contributed by atoms with van der Waals surface area (Å²) in [4.78, 5) is 4.53. The summed E-state index contributed by atoms with van der Waals surface area (Å²) in [5, 5.41) is 0. The molecular formula is C11H12BrN. The largest absolute Gasteiger partial charge is 0.289 e. The Balaban J connectivity index is 2.24. The van der Waals surface area contributed by atoms with Gasteiger partial charge in [0.15, 0.2) is 0 Å². The van der Waals surface area contributed by atoms with Gasteiger partial charge in [-0.3, -0.25) is 4.99 Å². The topological polar surface area (TPSA) is 12.4 Å². The van der Waals surface area contributed by atoms with Gasteiger partial charge in [0.1, 0.15) is 0 Å². The lowest BCUT2D eigenvalue weighted by Crippen LogP contribution is -2.07. The second-order valence-electron chi connectivity index (χ2n) is 3.29. The maximum Gasteiger partial charge on any atom is 0.0420 e. The minimum Gasteiger partial charge on any atom is -0.289 e. The summed E-state index contributed by atoms with van der Waals surface area (Å²) in [6.07, 6.45) is 3.68. The standard InChI is InChI=1S/C11H12BrN/c12-10-6-4-9(5-7-10)11-3-1-2-8-13-11/h4-7H,1-3,8H2. The van der Waals surface area contributed by atoms with Gasteiger partial charge in [-0.15, -0.1) is 0 Å². The van der Waals surface area contributed by atoms with Gasteiger partial charge in [0.05, 0.1) is 0 Å². The molecule has 1 aromatic rings. The van der Waals surface area contributed by atoms with Gasteiger partial charge in [-0.25, -0.2) is 0 Å². The molecule has 1 aliphatic rings. The normalized spacial score (nSPS) is 16.8. The van der Waals surface area contributed by atoms with Gasteiger partial charge in [-0.05, 0) is 37.0 Å². The lowest BCUT2D eigenvalue weighted by Gasteiger charge is -2.11. The van der Waals surface area contributed by atoms with E-state index in [0.717, 1.165) is 17.4 Å². The lowest BCUT2D eigenvalue weighted by atomic mass is 10.0. The number of nitrogens with zero attached hydrogens (tertiary/aromatic N) is 1. The molecule has 0 aromatic heterocycles. The zero-order valence-corrected chi connectivity index (χ0v) is 9.05. The van der Waals surface area contributed by atoms with Crippen molar-refractivity contribution in [2.24, 2.45) is 4.99 Å². The van der Waals surface area contributed by atoms with Crippen molar-refractivity contribution in [1.82, 2.24) is 0 Å². The van der Waals surface area contributed by atoms with Gasteiger partial charge >= 0.3 is 0 Å². The van der Waals surface area contributed by atoms with Crippen LogP contribution in [0.2, 0.25) is 0 Å². The van der Waals surface area contributed by atoms with Crippen molar-refractivity contribution in [3.05, 3.63) is 34.3 Å². The Labute approximate surface area is 87.0 Å². The van der Waals surface area contributed by atoms with Crippen LogP contribution in [-0.4, -0.2) is 12.3 Å². The summed E-state index contributed by atoms with van der Waals surface area (Å²) in [6.45, 7) is 1.01. The van der Waals surface area contributed by atoms with Crippen LogP contribution in [0.3, 0.4) is 0 Å². The number of hydrogen-bond donors (Lipinski definition) is 0. The molecule has 2 heteroatoms. The van der Waals surface area contributed by atoms with E-state index in [4.69, 9.17) is 0 Å². The first-order valence-electron chi connectivity index (χ1n) is 4.65. The van der Waals surface area contributed by atoms with Crippen LogP contribution < -0.4 is 0 Å². The van der Waals surface area contributed by atoms with E-state index >= 15 is 0 Å². The van der Waals surface area contributed by atoms with Gasteiger partial charge in [-0.2, -0.15) is 0 Å². The van der Waals surface area contributed by atoms with Gasteiger partial charge in [-0.1, -0.05) is 28.1 Å². The van der Waals surface area contributed by atoms with Crippen molar-refractivity contribution < 1.29 is 0 Å². The highest BCUT2D eigenvalue weighted by molar-refractivity contribution is 9.10. The van der Waals surface area contributed by atoms with Gasteiger partial charge in [0.2, 0.25) is 0 Å². The van der Waals surface area contributed by atoms with E-state index in [9.17, 15) is 0 Å². The molecule has 0 aliphatic carbocycles. The Hall–Kier alpha value is -0.630. The predicted molar refractivity (Wildman–Crippen MR) is 59.4 cm³/mol. The van der Waals surface area contributed by atoms with Gasteiger partial charge < -0.3 is 0 Å². The molecule has 13 heavy (non-hydrogen) atoms. The molecule has 1 aliphatic heterocycles. The molecular weight excluding hydrogens is 226 g/mol. The molecule has 1 nitrogen and oxygen atoms in total. The zero-order valence-electron chi connectivity index (χ0n) is 7.46. The molecule has 0 N–H and O–H groups in total. The minimum absolute atomic E-state index is 1.01. The van der Waals surface area contributed by atoms with E-state index < -0.39 is 0 Å². The average Bonchev–Trinajstić information content (AvgIpc) is 2.20. The first-order valence-corrected chi connectivity index (χ1v) is 5.45. The van der Waals surface area contributed by atoms with E-state index in [0.29, 0.717) is 0 Å². The quantitative estimate of drug-likeness (QED) is 0.710. The molecule has 68 valence electrons. The van der Waals surface area contributed by atoms with E-state index in [1.165, 1.54) is 24.1 Å². The van der Waals surface area contributed by atoms with Crippen molar-refractivity contribution in [3.8, 4) is 0 Å². The average molecular weight is 238 g/mol. The second-order valence-corrected chi connectivity index (χ2v) is 4.21. The third-order valence-electron chi connectivity index (χ3n) is 2.30. The first-order chi connectivity index (χ1) is 6.36. The molecule has 0 fully saturated rings. The van der Waals surface area contributed by atoms with E-state index in [1.807, 2.05) is 0 Å². The summed E-state index contributed by atoms with van der Waals surface area (Å²) >= 11 is 3.43. The Morgan fingerprint density at radius 3 is 2.46 bits per heavy atom. The van der Waals surface area contributed by atoms with Crippen LogP contribution in [0.4, 0.5) is 0 Å². The Kier molecular flexibility index (Phi) is 2.79. The predicted octanol–water partition coefficient (Wildman–Crippen LogP) is 3.42. The maximum absolute atomic E-state index is 4.53. The second kappa shape index (κ2) is 4.05. The smallest absolute Gasteiger partial charge is 0.0420 e. The van der Waals surface area contributed by atoms with Crippen LogP contribution in [0.15, 0.2) is 33.7 Å². The highest BCUT2D eigenvalue weighted by Crippen LogP contribution is 2.16. The number of hydrogen-bond acceptors (Lipinski definition) is 1. The molecule has 0 atom stereocenters. The fourth-order valence-corrected chi connectivity index (χ4v) is 1.84. The van der Waals surface area contributed by atoms with E-state index in [1.54, 1.807) is 0 Å². The van der Waals surface area contributed by atoms with Crippen LogP contribution in [0.25, 0.3) is 0 Å². The summed E-state index contributed by atoms with van der Waals surface area (Å²) in [5.41, 5.74) is 2.56. The van der Waals surface area contributed by atoms with Crippen molar-refractivity contribution in [2.75, 3.05) is 6.54 Å². The molecule has 0 unspecified atom stereocenters. The van der Waals surface area contributed by atoms with Crippen molar-refractivity contribution in [3.63, 3.8) is 0 Å². The fraction of sp³-hybridized carbons (Fsp3) is 0.364. The van der Waals surface area contributed by atoms with Crippen LogP contribution >= 0.6 is 15.9 Å². The highest BCUT2D eigenvalue weighted by Gasteiger charge is 2.06. The molecule has 0 amide bonds. The molecule has 1 aromatic carbocycles. The highest BCUT2D eigenvalue weighted by atomic mass is 79.9. The van der Waals surface area contributed by atoms with E-state index in [2.05, 4.69) is 45.2 Å². The number of halogens is 1. The molecule has 1 heterocycles. The summed E-state index contributed by atoms with van der Waals surface area (Å²) in [6, 6.07) is 8.42.